The Morgan fingerprint density at radius 2 is 0.438 bits per heavy atom. The van der Waals surface area contributed by atoms with Gasteiger partial charge in [-0.15, -0.1) is 0 Å². The average Bonchev–Trinajstić information content (AvgIpc) is 3.15. The van der Waals surface area contributed by atoms with Crippen molar-refractivity contribution in [1.82, 2.24) is 0 Å². The van der Waals surface area contributed by atoms with E-state index in [1.165, 1.54) is 98.0 Å². The highest BCUT2D eigenvalue weighted by Crippen LogP contribution is 2.51. The minimum atomic E-state index is 1.25. The van der Waals surface area contributed by atoms with Crippen molar-refractivity contribution in [2.24, 2.45) is 0 Å². The third-order valence-corrected chi connectivity index (χ3v) is 10.2. The summed E-state index contributed by atoms with van der Waals surface area (Å²) in [7, 11) is 0. The second-order valence-corrected chi connectivity index (χ2v) is 12.8. The van der Waals surface area contributed by atoms with Crippen LogP contribution in [0.1, 0.15) is 0 Å². The second-order valence-electron chi connectivity index (χ2n) is 12.8. The van der Waals surface area contributed by atoms with Crippen molar-refractivity contribution in [3.8, 4) is 33.4 Å². The summed E-state index contributed by atoms with van der Waals surface area (Å²) in [6.45, 7) is 0. The van der Waals surface area contributed by atoms with Gasteiger partial charge in [-0.3, -0.25) is 0 Å². The molecule has 0 aliphatic carbocycles. The van der Waals surface area contributed by atoms with E-state index in [1.54, 1.807) is 0 Å². The Morgan fingerprint density at radius 1 is 0.188 bits per heavy atom. The molecule has 0 radical (unpaired) electrons. The van der Waals surface area contributed by atoms with Gasteiger partial charge in [-0.1, -0.05) is 164 Å². The Bertz CT molecular complexity index is 2590. The summed E-state index contributed by atoms with van der Waals surface area (Å²) in [4.78, 5) is 0. The molecule has 0 saturated heterocycles. The maximum absolute atomic E-state index is 2.36. The highest BCUT2D eigenvalue weighted by atomic mass is 14.3. The summed E-state index contributed by atoms with van der Waals surface area (Å²) >= 11 is 0. The van der Waals surface area contributed by atoms with Gasteiger partial charge in [0.15, 0.2) is 0 Å². The van der Waals surface area contributed by atoms with Gasteiger partial charge in [0.25, 0.3) is 0 Å². The molecule has 10 aromatic rings. The van der Waals surface area contributed by atoms with E-state index in [4.69, 9.17) is 0 Å². The molecule has 10 rings (SSSR count). The molecule has 48 heavy (non-hydrogen) atoms. The molecule has 0 aliphatic rings. The maximum Gasteiger partial charge on any atom is -0.00135 e. The Morgan fingerprint density at radius 3 is 0.729 bits per heavy atom. The van der Waals surface area contributed by atoms with Crippen molar-refractivity contribution in [3.63, 3.8) is 0 Å². The largest absolute Gasteiger partial charge is 0.0616 e. The van der Waals surface area contributed by atoms with Gasteiger partial charge in [-0.2, -0.15) is 0 Å². The third kappa shape index (κ3) is 4.03. The highest BCUT2D eigenvalue weighted by Gasteiger charge is 2.23. The summed E-state index contributed by atoms with van der Waals surface area (Å²) in [5.74, 6) is 0. The zero-order chi connectivity index (χ0) is 31.6. The van der Waals surface area contributed by atoms with Crippen LogP contribution in [-0.2, 0) is 0 Å². The Kier molecular flexibility index (Phi) is 5.98. The van der Waals surface area contributed by atoms with Gasteiger partial charge >= 0.3 is 0 Å². The molecule has 0 fully saturated rings. The number of hydrogen-bond donors (Lipinski definition) is 0. The molecule has 0 atom stereocenters. The van der Waals surface area contributed by atoms with Crippen molar-refractivity contribution < 1.29 is 0 Å². The van der Waals surface area contributed by atoms with Crippen LogP contribution in [0.15, 0.2) is 182 Å². The minimum Gasteiger partial charge on any atom is -0.0616 e. The molecular formula is C48H30. The predicted octanol–water partition coefficient (Wildman–Crippen LogP) is 13.6. The molecule has 10 aromatic carbocycles. The van der Waals surface area contributed by atoms with Gasteiger partial charge < -0.3 is 0 Å². The Balaban J connectivity index is 1.49. The standard InChI is InChI=1S/C48H30/c1-7-20-37-31(14-1)28-32-15-2-8-21-38(32)45(37)43-26-13-27-44(46-39-22-9-3-16-33(39)29-34-17-4-10-23-40(34)46)48(43)47-41-24-11-5-18-35(41)30-36-19-6-12-25-42(36)47/h1-30H. The molecule has 0 aromatic heterocycles. The van der Waals surface area contributed by atoms with Crippen molar-refractivity contribution in [2.75, 3.05) is 0 Å². The fourth-order valence-corrected chi connectivity index (χ4v) is 8.13. The molecule has 0 bridgehead atoms. The first-order valence-corrected chi connectivity index (χ1v) is 16.7. The lowest BCUT2D eigenvalue weighted by Gasteiger charge is -2.23. The molecule has 0 spiro atoms. The smallest absolute Gasteiger partial charge is 0.00135 e. The quantitative estimate of drug-likeness (QED) is 0.176. The minimum absolute atomic E-state index is 1.25. The van der Waals surface area contributed by atoms with Crippen LogP contribution in [0, 0.1) is 0 Å². The Hall–Kier alpha value is -6.24. The van der Waals surface area contributed by atoms with Gasteiger partial charge in [0.05, 0.1) is 0 Å². The lowest BCUT2D eigenvalue weighted by atomic mass is 9.79. The van der Waals surface area contributed by atoms with Crippen LogP contribution in [-0.4, -0.2) is 0 Å². The van der Waals surface area contributed by atoms with Gasteiger partial charge in [0, 0.05) is 0 Å². The van der Waals surface area contributed by atoms with E-state index < -0.39 is 0 Å². The number of benzene rings is 10. The molecule has 0 heterocycles. The van der Waals surface area contributed by atoms with E-state index in [0.717, 1.165) is 0 Å². The first-order chi connectivity index (χ1) is 23.8. The van der Waals surface area contributed by atoms with E-state index in [-0.39, 0.29) is 0 Å². The lowest BCUT2D eigenvalue weighted by molar-refractivity contribution is 1.63. The number of rotatable bonds is 3. The molecule has 0 N–H and O–H groups in total. The monoisotopic (exact) mass is 606 g/mol. The summed E-state index contributed by atoms with van der Waals surface area (Å²) in [5, 5.41) is 15.1. The maximum atomic E-state index is 2.36. The van der Waals surface area contributed by atoms with Gasteiger partial charge in [0.2, 0.25) is 0 Å². The third-order valence-electron chi connectivity index (χ3n) is 10.2. The molecule has 0 saturated carbocycles. The van der Waals surface area contributed by atoms with Crippen LogP contribution >= 0.6 is 0 Å². The lowest BCUT2D eigenvalue weighted by Crippen LogP contribution is -1.96. The molecular weight excluding hydrogens is 577 g/mol. The van der Waals surface area contributed by atoms with Gasteiger partial charge in [-0.25, -0.2) is 0 Å². The van der Waals surface area contributed by atoms with E-state index >= 15 is 0 Å². The average molecular weight is 607 g/mol. The number of fused-ring (bicyclic) bond motifs is 6. The molecule has 0 unspecified atom stereocenters. The predicted molar refractivity (Wildman–Crippen MR) is 208 cm³/mol. The second kappa shape index (κ2) is 10.7. The fourth-order valence-electron chi connectivity index (χ4n) is 8.13. The zero-order valence-electron chi connectivity index (χ0n) is 26.3. The molecule has 0 amide bonds. The van der Waals surface area contributed by atoms with E-state index in [2.05, 4.69) is 182 Å². The summed E-state index contributed by atoms with van der Waals surface area (Å²) < 4.78 is 0. The first-order valence-electron chi connectivity index (χ1n) is 16.7. The van der Waals surface area contributed by atoms with Crippen LogP contribution in [0.3, 0.4) is 0 Å². The molecule has 222 valence electrons. The highest BCUT2D eigenvalue weighted by molar-refractivity contribution is 6.24. The fraction of sp³-hybridized carbons (Fsp3) is 0. The summed E-state index contributed by atoms with van der Waals surface area (Å²) in [5.41, 5.74) is 7.61. The van der Waals surface area contributed by atoms with Crippen LogP contribution < -0.4 is 0 Å². The van der Waals surface area contributed by atoms with Crippen LogP contribution in [0.4, 0.5) is 0 Å². The molecule has 0 heteroatoms. The Labute approximate surface area is 279 Å². The topological polar surface area (TPSA) is 0 Å². The molecule has 0 aliphatic heterocycles. The first kappa shape index (κ1) is 26.9. The molecule has 0 nitrogen and oxygen atoms in total. The van der Waals surface area contributed by atoms with Crippen molar-refractivity contribution in [2.45, 2.75) is 0 Å². The van der Waals surface area contributed by atoms with Crippen LogP contribution in [0.2, 0.25) is 0 Å². The van der Waals surface area contributed by atoms with E-state index in [0.29, 0.717) is 0 Å². The SMILES string of the molecule is c1cc(-c2c3ccccc3cc3ccccc23)c(-c2c3ccccc3cc3ccccc23)c(-c2c3ccccc3cc3ccccc23)c1. The summed E-state index contributed by atoms with van der Waals surface area (Å²) in [6.07, 6.45) is 0. The zero-order valence-corrected chi connectivity index (χ0v) is 26.3. The van der Waals surface area contributed by atoms with Crippen molar-refractivity contribution in [1.29, 1.82) is 0 Å². The van der Waals surface area contributed by atoms with Crippen LogP contribution in [0.5, 0.6) is 0 Å². The van der Waals surface area contributed by atoms with Gasteiger partial charge in [0.1, 0.15) is 0 Å². The normalized spacial score (nSPS) is 11.8. The van der Waals surface area contributed by atoms with E-state index in [9.17, 15) is 0 Å². The van der Waals surface area contributed by atoms with Crippen molar-refractivity contribution in [3.05, 3.63) is 182 Å². The van der Waals surface area contributed by atoms with E-state index in [1.807, 2.05) is 0 Å². The number of hydrogen-bond acceptors (Lipinski definition) is 0. The van der Waals surface area contributed by atoms with Crippen molar-refractivity contribution >= 4 is 64.6 Å². The van der Waals surface area contributed by atoms with Crippen LogP contribution in [0.25, 0.3) is 98.0 Å². The van der Waals surface area contributed by atoms with Gasteiger partial charge in [-0.05, 0) is 116 Å². The summed E-state index contributed by atoms with van der Waals surface area (Å²) in [6, 6.07) is 67.3.